The average Bonchev–Trinajstić information content (AvgIpc) is 3.07. The lowest BCUT2D eigenvalue weighted by Crippen LogP contribution is -2.11. The summed E-state index contributed by atoms with van der Waals surface area (Å²) < 4.78 is 2.11. The first-order valence-electron chi connectivity index (χ1n) is 8.55. The average molecular weight is 437 g/mol. The van der Waals surface area contributed by atoms with E-state index in [0.717, 1.165) is 31.8 Å². The topological polar surface area (TPSA) is 42.0 Å². The van der Waals surface area contributed by atoms with Crippen LogP contribution >= 0.6 is 27.3 Å². The number of halogens is 1. The van der Waals surface area contributed by atoms with Crippen molar-refractivity contribution in [2.24, 2.45) is 0 Å². The maximum atomic E-state index is 12.4. The summed E-state index contributed by atoms with van der Waals surface area (Å²) in [5.41, 5.74) is 5.78. The first-order valence-corrected chi connectivity index (χ1v) is 10.2. The molecular formula is C22H17BrN2OS. The molecule has 0 atom stereocenters. The van der Waals surface area contributed by atoms with Crippen LogP contribution in [-0.4, -0.2) is 10.9 Å². The predicted molar refractivity (Wildman–Crippen MR) is 117 cm³/mol. The molecule has 0 fully saturated rings. The summed E-state index contributed by atoms with van der Waals surface area (Å²) in [7, 11) is 0. The minimum Gasteiger partial charge on any atom is -0.322 e. The second-order valence-electron chi connectivity index (χ2n) is 6.49. The van der Waals surface area contributed by atoms with Crippen LogP contribution in [0.2, 0.25) is 0 Å². The number of hydrogen-bond donors (Lipinski definition) is 1. The van der Waals surface area contributed by atoms with Crippen molar-refractivity contribution in [2.45, 2.75) is 13.8 Å². The van der Waals surface area contributed by atoms with E-state index in [0.29, 0.717) is 5.56 Å². The van der Waals surface area contributed by atoms with E-state index in [9.17, 15) is 4.79 Å². The Morgan fingerprint density at radius 2 is 1.78 bits per heavy atom. The van der Waals surface area contributed by atoms with E-state index in [-0.39, 0.29) is 5.91 Å². The Balaban J connectivity index is 1.54. The molecule has 0 radical (unpaired) electrons. The van der Waals surface area contributed by atoms with Crippen LogP contribution in [0.25, 0.3) is 20.8 Å². The van der Waals surface area contributed by atoms with Crippen LogP contribution in [0.15, 0.2) is 65.1 Å². The Morgan fingerprint density at radius 1 is 1.00 bits per heavy atom. The molecule has 27 heavy (non-hydrogen) atoms. The lowest BCUT2D eigenvalue weighted by atomic mass is 10.1. The number of benzene rings is 3. The third kappa shape index (κ3) is 3.80. The van der Waals surface area contributed by atoms with E-state index in [1.54, 1.807) is 11.3 Å². The predicted octanol–water partition coefficient (Wildman–Crippen LogP) is 6.59. The minimum atomic E-state index is -0.126. The second kappa shape index (κ2) is 7.25. The molecule has 1 amide bonds. The maximum Gasteiger partial charge on any atom is 0.255 e. The van der Waals surface area contributed by atoms with E-state index < -0.39 is 0 Å². The zero-order valence-corrected chi connectivity index (χ0v) is 17.3. The fraction of sp³-hybridized carbons (Fsp3) is 0.0909. The smallest absolute Gasteiger partial charge is 0.255 e. The molecule has 3 aromatic carbocycles. The van der Waals surface area contributed by atoms with Gasteiger partial charge in [0.1, 0.15) is 5.01 Å². The SMILES string of the molecule is Cc1ccc2nc(-c3ccc(NC(=O)c4ccc(C)c(Br)c4)cc3)sc2c1. The van der Waals surface area contributed by atoms with Gasteiger partial charge in [-0.1, -0.05) is 28.1 Å². The molecular weight excluding hydrogens is 420 g/mol. The summed E-state index contributed by atoms with van der Waals surface area (Å²) in [6.45, 7) is 4.08. The van der Waals surface area contributed by atoms with Crippen molar-refractivity contribution in [3.63, 3.8) is 0 Å². The van der Waals surface area contributed by atoms with Crippen LogP contribution in [0.5, 0.6) is 0 Å². The molecule has 5 heteroatoms. The number of fused-ring (bicyclic) bond motifs is 1. The molecule has 4 aromatic rings. The summed E-state index contributed by atoms with van der Waals surface area (Å²) in [6.07, 6.45) is 0. The van der Waals surface area contributed by atoms with Crippen LogP contribution < -0.4 is 5.32 Å². The Morgan fingerprint density at radius 3 is 2.52 bits per heavy atom. The van der Waals surface area contributed by atoms with Gasteiger partial charge in [0, 0.05) is 21.3 Å². The van der Waals surface area contributed by atoms with E-state index in [4.69, 9.17) is 4.98 Å². The standard InChI is InChI=1S/C22H17BrN2OS/c1-13-3-10-19-20(11-13)27-22(25-19)15-6-8-17(9-7-15)24-21(26)16-5-4-14(2)18(23)12-16/h3-12H,1-2H3,(H,24,26). The number of carbonyl (C=O) groups is 1. The molecule has 1 aromatic heterocycles. The van der Waals surface area contributed by atoms with Crippen LogP contribution in [-0.2, 0) is 0 Å². The van der Waals surface area contributed by atoms with Gasteiger partial charge in [-0.05, 0) is 73.5 Å². The molecule has 0 saturated carbocycles. The van der Waals surface area contributed by atoms with Gasteiger partial charge in [-0.25, -0.2) is 4.98 Å². The third-order valence-electron chi connectivity index (χ3n) is 4.37. The maximum absolute atomic E-state index is 12.4. The zero-order valence-electron chi connectivity index (χ0n) is 14.9. The van der Waals surface area contributed by atoms with Gasteiger partial charge in [0.25, 0.3) is 5.91 Å². The molecule has 0 bridgehead atoms. The van der Waals surface area contributed by atoms with E-state index in [2.05, 4.69) is 46.4 Å². The summed E-state index contributed by atoms with van der Waals surface area (Å²) in [5, 5.41) is 3.92. The van der Waals surface area contributed by atoms with Gasteiger partial charge in [-0.15, -0.1) is 11.3 Å². The number of aromatic nitrogens is 1. The molecule has 0 unspecified atom stereocenters. The summed E-state index contributed by atoms with van der Waals surface area (Å²) in [5.74, 6) is -0.126. The van der Waals surface area contributed by atoms with Gasteiger partial charge in [-0.2, -0.15) is 0 Å². The summed E-state index contributed by atoms with van der Waals surface area (Å²) in [6, 6.07) is 19.7. The number of nitrogens with one attached hydrogen (secondary N) is 1. The Hall–Kier alpha value is -2.50. The fourth-order valence-electron chi connectivity index (χ4n) is 2.79. The van der Waals surface area contributed by atoms with Crippen molar-refractivity contribution >= 4 is 49.1 Å². The molecule has 0 aliphatic rings. The normalized spacial score (nSPS) is 10.9. The molecule has 0 spiro atoms. The number of anilines is 1. The highest BCUT2D eigenvalue weighted by atomic mass is 79.9. The molecule has 0 saturated heterocycles. The first kappa shape index (κ1) is 17.9. The van der Waals surface area contributed by atoms with E-state index in [1.807, 2.05) is 49.4 Å². The van der Waals surface area contributed by atoms with Crippen LogP contribution in [0.3, 0.4) is 0 Å². The van der Waals surface area contributed by atoms with Crippen LogP contribution in [0.1, 0.15) is 21.5 Å². The first-order chi connectivity index (χ1) is 13.0. The van der Waals surface area contributed by atoms with Gasteiger partial charge < -0.3 is 5.32 Å². The van der Waals surface area contributed by atoms with Crippen LogP contribution in [0, 0.1) is 13.8 Å². The molecule has 134 valence electrons. The van der Waals surface area contributed by atoms with E-state index >= 15 is 0 Å². The quantitative estimate of drug-likeness (QED) is 0.393. The second-order valence-corrected chi connectivity index (χ2v) is 8.37. The molecule has 4 rings (SSSR count). The zero-order chi connectivity index (χ0) is 19.0. The van der Waals surface area contributed by atoms with Gasteiger partial charge in [0.05, 0.1) is 10.2 Å². The van der Waals surface area contributed by atoms with Gasteiger partial charge in [0.15, 0.2) is 0 Å². The summed E-state index contributed by atoms with van der Waals surface area (Å²) in [4.78, 5) is 17.1. The number of amides is 1. The van der Waals surface area contributed by atoms with Crippen molar-refractivity contribution in [3.05, 3.63) is 81.8 Å². The molecule has 0 aliphatic carbocycles. The van der Waals surface area contributed by atoms with Gasteiger partial charge in [0.2, 0.25) is 0 Å². The van der Waals surface area contributed by atoms with Crippen molar-refractivity contribution in [3.8, 4) is 10.6 Å². The van der Waals surface area contributed by atoms with Crippen LogP contribution in [0.4, 0.5) is 5.69 Å². The molecule has 1 N–H and O–H groups in total. The summed E-state index contributed by atoms with van der Waals surface area (Å²) >= 11 is 5.15. The van der Waals surface area contributed by atoms with Crippen molar-refractivity contribution in [1.29, 1.82) is 0 Å². The number of rotatable bonds is 3. The number of aryl methyl sites for hydroxylation is 2. The number of nitrogens with zero attached hydrogens (tertiary/aromatic N) is 1. The number of thiazole rings is 1. The number of hydrogen-bond acceptors (Lipinski definition) is 3. The van der Waals surface area contributed by atoms with Gasteiger partial charge >= 0.3 is 0 Å². The molecule has 3 nitrogen and oxygen atoms in total. The minimum absolute atomic E-state index is 0.126. The largest absolute Gasteiger partial charge is 0.322 e. The van der Waals surface area contributed by atoms with Gasteiger partial charge in [-0.3, -0.25) is 4.79 Å². The lowest BCUT2D eigenvalue weighted by molar-refractivity contribution is 0.102. The number of carbonyl (C=O) groups excluding carboxylic acids is 1. The Kier molecular flexibility index (Phi) is 4.81. The highest BCUT2D eigenvalue weighted by Crippen LogP contribution is 2.31. The van der Waals surface area contributed by atoms with Crippen molar-refractivity contribution in [2.75, 3.05) is 5.32 Å². The lowest BCUT2D eigenvalue weighted by Gasteiger charge is -2.07. The third-order valence-corrected chi connectivity index (χ3v) is 6.29. The highest BCUT2D eigenvalue weighted by molar-refractivity contribution is 9.10. The Labute approximate surface area is 170 Å². The van der Waals surface area contributed by atoms with E-state index in [1.165, 1.54) is 10.3 Å². The monoisotopic (exact) mass is 436 g/mol. The van der Waals surface area contributed by atoms with Crippen molar-refractivity contribution in [1.82, 2.24) is 4.98 Å². The van der Waals surface area contributed by atoms with Crippen molar-refractivity contribution < 1.29 is 4.79 Å². The molecule has 1 heterocycles. The molecule has 0 aliphatic heterocycles. The highest BCUT2D eigenvalue weighted by Gasteiger charge is 2.09. The fourth-order valence-corrected chi connectivity index (χ4v) is 4.24. The Bertz CT molecular complexity index is 1150.